The Bertz CT molecular complexity index is 1100. The number of H-pyrrole nitrogens is 1. The van der Waals surface area contributed by atoms with Crippen molar-refractivity contribution in [3.63, 3.8) is 0 Å². The summed E-state index contributed by atoms with van der Waals surface area (Å²) in [6, 6.07) is 9.72. The van der Waals surface area contributed by atoms with Gasteiger partial charge in [-0.1, -0.05) is 24.3 Å². The molecule has 2 aromatic heterocycles. The summed E-state index contributed by atoms with van der Waals surface area (Å²) in [5, 5.41) is 13.9. The second kappa shape index (κ2) is 6.71. The van der Waals surface area contributed by atoms with Crippen LogP contribution in [0.3, 0.4) is 0 Å². The molecule has 0 bridgehead atoms. The third-order valence-corrected chi connectivity index (χ3v) is 4.99. The molecule has 138 valence electrons. The molecule has 1 aliphatic rings. The number of carbonyl (C=O) groups is 2. The Morgan fingerprint density at radius 3 is 2.85 bits per heavy atom. The molecule has 0 saturated heterocycles. The maximum Gasteiger partial charge on any atom is 0.322 e. The van der Waals surface area contributed by atoms with Crippen molar-refractivity contribution in [2.75, 3.05) is 6.54 Å². The lowest BCUT2D eigenvalue weighted by Gasteiger charge is -2.25. The molecular weight excluding hydrogens is 348 g/mol. The SMILES string of the molecule is O=C(O)CNC(=O)c1c(=O)cc(C2CCc3ccccc3C2)n2[nH]cnc12. The normalized spacial score (nSPS) is 16.1. The summed E-state index contributed by atoms with van der Waals surface area (Å²) < 4.78 is 1.65. The highest BCUT2D eigenvalue weighted by molar-refractivity contribution is 6.00. The first-order valence-corrected chi connectivity index (χ1v) is 8.70. The van der Waals surface area contributed by atoms with E-state index in [0.717, 1.165) is 25.0 Å². The Hall–Kier alpha value is -3.42. The van der Waals surface area contributed by atoms with Crippen molar-refractivity contribution in [3.05, 3.63) is 69.3 Å². The van der Waals surface area contributed by atoms with E-state index in [1.165, 1.54) is 23.5 Å². The molecule has 4 rings (SSSR count). The molecule has 1 aliphatic carbocycles. The van der Waals surface area contributed by atoms with E-state index in [4.69, 9.17) is 5.11 Å². The number of carboxylic acid groups (broad SMARTS) is 1. The molecule has 3 N–H and O–H groups in total. The molecule has 2 heterocycles. The number of hydrogen-bond acceptors (Lipinski definition) is 4. The number of benzene rings is 1. The average molecular weight is 366 g/mol. The standard InChI is InChI=1S/C19H18N4O4/c24-15-8-14(13-6-5-11-3-1-2-4-12(11)7-13)23-18(21-10-22-23)17(15)19(27)20-9-16(25)26/h1-4,8,10,13H,5-7,9H2,(H,20,27)(H,21,22)(H,25,26). The molecule has 27 heavy (non-hydrogen) atoms. The Morgan fingerprint density at radius 1 is 1.30 bits per heavy atom. The minimum Gasteiger partial charge on any atom is -0.480 e. The number of aryl methyl sites for hydroxylation is 1. The third kappa shape index (κ3) is 3.10. The van der Waals surface area contributed by atoms with Gasteiger partial charge in [0, 0.05) is 17.7 Å². The van der Waals surface area contributed by atoms with E-state index in [-0.39, 0.29) is 17.1 Å². The quantitative estimate of drug-likeness (QED) is 0.639. The van der Waals surface area contributed by atoms with Gasteiger partial charge < -0.3 is 10.4 Å². The summed E-state index contributed by atoms with van der Waals surface area (Å²) in [7, 11) is 0. The molecule has 8 nitrogen and oxygen atoms in total. The minimum absolute atomic E-state index is 0.122. The number of nitrogens with zero attached hydrogens (tertiary/aromatic N) is 2. The van der Waals surface area contributed by atoms with Crippen LogP contribution in [0, 0.1) is 0 Å². The number of carbonyl (C=O) groups excluding carboxylic acids is 1. The van der Waals surface area contributed by atoms with Crippen LogP contribution in [0.25, 0.3) is 5.65 Å². The highest BCUT2D eigenvalue weighted by Gasteiger charge is 2.26. The summed E-state index contributed by atoms with van der Waals surface area (Å²) in [6.45, 7) is -0.560. The van der Waals surface area contributed by atoms with Crippen LogP contribution in [0.5, 0.6) is 0 Å². The van der Waals surface area contributed by atoms with Gasteiger partial charge in [-0.2, -0.15) is 0 Å². The summed E-state index contributed by atoms with van der Waals surface area (Å²) >= 11 is 0. The van der Waals surface area contributed by atoms with Gasteiger partial charge in [-0.25, -0.2) is 9.50 Å². The van der Waals surface area contributed by atoms with E-state index in [9.17, 15) is 14.4 Å². The number of hydrogen-bond donors (Lipinski definition) is 3. The molecule has 1 atom stereocenters. The van der Waals surface area contributed by atoms with Gasteiger partial charge in [0.2, 0.25) is 0 Å². The second-order valence-corrected chi connectivity index (χ2v) is 6.64. The van der Waals surface area contributed by atoms with Gasteiger partial charge in [0.25, 0.3) is 5.91 Å². The molecule has 0 aliphatic heterocycles. The lowest BCUT2D eigenvalue weighted by atomic mass is 9.82. The lowest BCUT2D eigenvalue weighted by molar-refractivity contribution is -0.135. The zero-order valence-corrected chi connectivity index (χ0v) is 14.4. The number of amides is 1. The fraction of sp³-hybridized carbons (Fsp3) is 0.263. The van der Waals surface area contributed by atoms with Gasteiger partial charge >= 0.3 is 5.97 Å². The minimum atomic E-state index is -1.18. The number of aliphatic carboxylic acids is 1. The Balaban J connectivity index is 1.73. The lowest BCUT2D eigenvalue weighted by Crippen LogP contribution is -2.34. The van der Waals surface area contributed by atoms with Crippen molar-refractivity contribution in [2.24, 2.45) is 0 Å². The molecule has 3 aromatic rings. The van der Waals surface area contributed by atoms with Gasteiger partial charge in [0.1, 0.15) is 18.4 Å². The van der Waals surface area contributed by atoms with Crippen molar-refractivity contribution in [2.45, 2.75) is 25.2 Å². The van der Waals surface area contributed by atoms with Crippen molar-refractivity contribution >= 4 is 17.5 Å². The highest BCUT2D eigenvalue weighted by atomic mass is 16.4. The third-order valence-electron chi connectivity index (χ3n) is 4.99. The fourth-order valence-corrected chi connectivity index (χ4v) is 3.73. The summed E-state index contributed by atoms with van der Waals surface area (Å²) in [4.78, 5) is 39.7. The molecule has 0 saturated carbocycles. The van der Waals surface area contributed by atoms with E-state index < -0.39 is 23.9 Å². The number of aromatic amines is 1. The zero-order chi connectivity index (χ0) is 19.0. The van der Waals surface area contributed by atoms with Crippen molar-refractivity contribution in [1.29, 1.82) is 0 Å². The molecule has 0 spiro atoms. The summed E-state index contributed by atoms with van der Waals surface area (Å²) in [5.41, 5.74) is 2.96. The van der Waals surface area contributed by atoms with E-state index in [1.807, 2.05) is 12.1 Å². The van der Waals surface area contributed by atoms with Crippen LogP contribution >= 0.6 is 0 Å². The van der Waals surface area contributed by atoms with Crippen LogP contribution in [0.4, 0.5) is 0 Å². The summed E-state index contributed by atoms with van der Waals surface area (Å²) in [5.74, 6) is -1.80. The Labute approximate surface area is 153 Å². The molecule has 1 unspecified atom stereocenters. The van der Waals surface area contributed by atoms with Gasteiger partial charge in [-0.15, -0.1) is 0 Å². The van der Waals surface area contributed by atoms with Crippen molar-refractivity contribution < 1.29 is 14.7 Å². The predicted molar refractivity (Wildman–Crippen MR) is 97.0 cm³/mol. The van der Waals surface area contributed by atoms with E-state index in [1.54, 1.807) is 4.52 Å². The number of nitrogens with one attached hydrogen (secondary N) is 2. The molecule has 1 amide bonds. The smallest absolute Gasteiger partial charge is 0.322 e. The Kier molecular flexibility index (Phi) is 4.23. The van der Waals surface area contributed by atoms with E-state index in [0.29, 0.717) is 0 Å². The monoisotopic (exact) mass is 366 g/mol. The van der Waals surface area contributed by atoms with Crippen LogP contribution in [0.2, 0.25) is 0 Å². The predicted octanol–water partition coefficient (Wildman–Crippen LogP) is 1.11. The van der Waals surface area contributed by atoms with Crippen LogP contribution < -0.4 is 10.7 Å². The molecule has 0 fully saturated rings. The van der Waals surface area contributed by atoms with Crippen LogP contribution in [0.1, 0.15) is 39.5 Å². The van der Waals surface area contributed by atoms with Gasteiger partial charge in [0.15, 0.2) is 11.1 Å². The van der Waals surface area contributed by atoms with Crippen molar-refractivity contribution in [1.82, 2.24) is 19.9 Å². The number of aromatic nitrogens is 3. The number of fused-ring (bicyclic) bond motifs is 2. The molecule has 0 radical (unpaired) electrons. The van der Waals surface area contributed by atoms with E-state index in [2.05, 4.69) is 27.5 Å². The number of carboxylic acids is 1. The first-order chi connectivity index (χ1) is 13.0. The van der Waals surface area contributed by atoms with Gasteiger partial charge in [-0.3, -0.25) is 19.5 Å². The number of rotatable bonds is 4. The molecular formula is C19H18N4O4. The largest absolute Gasteiger partial charge is 0.480 e. The Morgan fingerprint density at radius 2 is 2.07 bits per heavy atom. The maximum absolute atomic E-state index is 12.7. The van der Waals surface area contributed by atoms with Crippen LogP contribution in [-0.4, -0.2) is 38.1 Å². The molecule has 1 aromatic carbocycles. The van der Waals surface area contributed by atoms with Gasteiger partial charge in [0.05, 0.1) is 0 Å². The average Bonchev–Trinajstić information content (AvgIpc) is 3.14. The van der Waals surface area contributed by atoms with Crippen LogP contribution in [-0.2, 0) is 17.6 Å². The van der Waals surface area contributed by atoms with E-state index >= 15 is 0 Å². The molecule has 8 heteroatoms. The first-order valence-electron chi connectivity index (χ1n) is 8.70. The van der Waals surface area contributed by atoms with Gasteiger partial charge in [-0.05, 0) is 30.4 Å². The van der Waals surface area contributed by atoms with Crippen molar-refractivity contribution in [3.8, 4) is 0 Å². The number of pyridine rings is 1. The van der Waals surface area contributed by atoms with Crippen LogP contribution in [0.15, 0.2) is 41.5 Å². The second-order valence-electron chi connectivity index (χ2n) is 6.64. The first kappa shape index (κ1) is 17.0. The highest BCUT2D eigenvalue weighted by Crippen LogP contribution is 2.32. The fourth-order valence-electron chi connectivity index (χ4n) is 3.73. The summed E-state index contributed by atoms with van der Waals surface area (Å²) in [6.07, 6.45) is 4.04. The maximum atomic E-state index is 12.7. The zero-order valence-electron chi connectivity index (χ0n) is 14.4. The topological polar surface area (TPSA) is 117 Å².